The second kappa shape index (κ2) is 14.0. The molecule has 0 aliphatic carbocycles. The Labute approximate surface area is 246 Å². The van der Waals surface area contributed by atoms with E-state index in [4.69, 9.17) is 9.47 Å². The third-order valence-electron chi connectivity index (χ3n) is 6.40. The molecule has 1 aromatic carbocycles. The topological polar surface area (TPSA) is 112 Å². The van der Waals surface area contributed by atoms with Crippen molar-refractivity contribution in [2.24, 2.45) is 7.05 Å². The van der Waals surface area contributed by atoms with E-state index in [1.54, 1.807) is 31.0 Å². The number of imidazole rings is 1. The van der Waals surface area contributed by atoms with Crippen LogP contribution in [0.3, 0.4) is 0 Å². The van der Waals surface area contributed by atoms with Crippen molar-refractivity contribution in [3.63, 3.8) is 0 Å². The Morgan fingerprint density at radius 2 is 1.83 bits per heavy atom. The Morgan fingerprint density at radius 1 is 1.10 bits per heavy atom. The third-order valence-corrected chi connectivity index (χ3v) is 6.40. The van der Waals surface area contributed by atoms with Crippen molar-refractivity contribution in [1.82, 2.24) is 29.8 Å². The van der Waals surface area contributed by atoms with Crippen LogP contribution in [-0.2, 0) is 24.6 Å². The van der Waals surface area contributed by atoms with Gasteiger partial charge in [0, 0.05) is 80.0 Å². The lowest BCUT2D eigenvalue weighted by Crippen LogP contribution is -2.33. The Kier molecular flexibility index (Phi) is 10.7. The summed E-state index contributed by atoms with van der Waals surface area (Å²) in [5.41, 5.74) is 4.59. The van der Waals surface area contributed by atoms with Crippen LogP contribution >= 0.6 is 0 Å². The first-order chi connectivity index (χ1) is 20.0. The van der Waals surface area contributed by atoms with Crippen molar-refractivity contribution >= 4 is 17.6 Å². The number of hydrogen-bond acceptors (Lipinski definition) is 6. The number of rotatable bonds is 9. The molecular weight excluding hydrogens is 539 g/mol. The zero-order valence-electron chi connectivity index (χ0n) is 25.7. The first-order valence-corrected chi connectivity index (χ1v) is 14.1. The SMILES string of the molecule is CC.CNC(=O)c1nn(C)c(C)c1CCOc1cc(F)ccc1-c1ccc2ncc(CCNC(=O)OC(C)(C)C)n2c1. The summed E-state index contributed by atoms with van der Waals surface area (Å²) < 4.78 is 29.2. The average molecular weight is 581 g/mol. The van der Waals surface area contributed by atoms with Gasteiger partial charge in [-0.1, -0.05) is 13.8 Å². The summed E-state index contributed by atoms with van der Waals surface area (Å²) >= 11 is 0. The number of ether oxygens (including phenoxy) is 2. The van der Waals surface area contributed by atoms with E-state index in [-0.39, 0.29) is 12.5 Å². The first-order valence-electron chi connectivity index (χ1n) is 14.1. The number of hydrogen-bond donors (Lipinski definition) is 2. The molecule has 0 saturated carbocycles. The van der Waals surface area contributed by atoms with Crippen LogP contribution in [0.15, 0.2) is 42.7 Å². The molecule has 226 valence electrons. The summed E-state index contributed by atoms with van der Waals surface area (Å²) in [5.74, 6) is -0.300. The number of carbonyl (C=O) groups excluding carboxylic acids is 2. The van der Waals surface area contributed by atoms with Gasteiger partial charge >= 0.3 is 6.09 Å². The van der Waals surface area contributed by atoms with Gasteiger partial charge < -0.3 is 24.5 Å². The number of alkyl carbamates (subject to hydrolysis) is 1. The maximum absolute atomic E-state index is 14.3. The van der Waals surface area contributed by atoms with Crippen LogP contribution < -0.4 is 15.4 Å². The van der Waals surface area contributed by atoms with Gasteiger partial charge in [0.05, 0.1) is 6.61 Å². The highest BCUT2D eigenvalue weighted by atomic mass is 19.1. The van der Waals surface area contributed by atoms with E-state index >= 15 is 0 Å². The summed E-state index contributed by atoms with van der Waals surface area (Å²) in [4.78, 5) is 28.7. The van der Waals surface area contributed by atoms with Crippen LogP contribution in [0.25, 0.3) is 16.8 Å². The minimum Gasteiger partial charge on any atom is -0.492 e. The van der Waals surface area contributed by atoms with E-state index in [0.29, 0.717) is 36.4 Å². The average Bonchev–Trinajstić information content (AvgIpc) is 3.48. The van der Waals surface area contributed by atoms with Gasteiger partial charge in [-0.2, -0.15) is 5.10 Å². The van der Waals surface area contributed by atoms with Crippen molar-refractivity contribution in [2.75, 3.05) is 20.2 Å². The number of amides is 2. The van der Waals surface area contributed by atoms with E-state index < -0.39 is 17.5 Å². The summed E-state index contributed by atoms with van der Waals surface area (Å²) in [7, 11) is 3.34. The van der Waals surface area contributed by atoms with Crippen molar-refractivity contribution in [3.05, 3.63) is 71.2 Å². The van der Waals surface area contributed by atoms with Crippen molar-refractivity contribution < 1.29 is 23.5 Å². The molecular formula is C31H41FN6O4. The zero-order valence-corrected chi connectivity index (χ0v) is 25.7. The molecule has 0 aliphatic heterocycles. The highest BCUT2D eigenvalue weighted by molar-refractivity contribution is 5.93. The molecule has 2 amide bonds. The molecule has 0 atom stereocenters. The molecule has 2 N–H and O–H groups in total. The highest BCUT2D eigenvalue weighted by Gasteiger charge is 2.19. The fraction of sp³-hybridized carbons (Fsp3) is 0.419. The highest BCUT2D eigenvalue weighted by Crippen LogP contribution is 2.31. The zero-order chi connectivity index (χ0) is 31.0. The van der Waals surface area contributed by atoms with Crippen molar-refractivity contribution in [2.45, 2.75) is 60.0 Å². The Bertz CT molecular complexity index is 1540. The smallest absolute Gasteiger partial charge is 0.407 e. The summed E-state index contributed by atoms with van der Waals surface area (Å²) in [6, 6.07) is 8.20. The van der Waals surface area contributed by atoms with E-state index in [9.17, 15) is 14.0 Å². The number of aromatic nitrogens is 4. The quantitative estimate of drug-likeness (QED) is 0.280. The Balaban J connectivity index is 0.00000237. The molecule has 4 rings (SSSR count). The Hall–Kier alpha value is -4.41. The molecule has 4 aromatic rings. The normalized spacial score (nSPS) is 11.1. The monoisotopic (exact) mass is 580 g/mol. The molecule has 11 heteroatoms. The van der Waals surface area contributed by atoms with E-state index in [2.05, 4.69) is 20.7 Å². The minimum atomic E-state index is -0.569. The summed E-state index contributed by atoms with van der Waals surface area (Å²) in [6.45, 7) is 11.9. The predicted octanol–water partition coefficient (Wildman–Crippen LogP) is 5.26. The maximum Gasteiger partial charge on any atom is 0.407 e. The largest absolute Gasteiger partial charge is 0.492 e. The lowest BCUT2D eigenvalue weighted by atomic mass is 10.1. The van der Waals surface area contributed by atoms with Gasteiger partial charge in [0.2, 0.25) is 0 Å². The van der Waals surface area contributed by atoms with Crippen LogP contribution in [0.1, 0.15) is 62.1 Å². The molecule has 0 unspecified atom stereocenters. The second-order valence-corrected chi connectivity index (χ2v) is 10.4. The van der Waals surface area contributed by atoms with Crippen molar-refractivity contribution in [1.29, 1.82) is 0 Å². The Morgan fingerprint density at radius 3 is 2.52 bits per heavy atom. The number of fused-ring (bicyclic) bond motifs is 1. The predicted molar refractivity (Wildman–Crippen MR) is 160 cm³/mol. The number of aryl methyl sites for hydroxylation is 1. The summed E-state index contributed by atoms with van der Waals surface area (Å²) in [6.07, 6.45) is 4.17. The lowest BCUT2D eigenvalue weighted by Gasteiger charge is -2.19. The van der Waals surface area contributed by atoms with Gasteiger partial charge in [-0.15, -0.1) is 0 Å². The van der Waals surface area contributed by atoms with Gasteiger partial charge in [-0.05, 0) is 52.0 Å². The standard InChI is InChI=1S/C29H35FN6O4.C2H6/c1-18-22(26(27(37)31-5)34-35(18)6)12-14-39-24-15-20(30)8-9-23(24)19-7-10-25-33-16-21(36(25)17-19)11-13-32-28(38)40-29(2,3)4;1-2/h7-10,15-17H,11-14H2,1-6H3,(H,31,37)(H,32,38);1-2H3. The van der Waals surface area contributed by atoms with Gasteiger partial charge in [-0.3, -0.25) is 9.48 Å². The number of nitrogens with one attached hydrogen (secondary N) is 2. The molecule has 0 radical (unpaired) electrons. The van der Waals surface area contributed by atoms with Crippen LogP contribution in [0, 0.1) is 12.7 Å². The molecule has 3 aromatic heterocycles. The summed E-state index contributed by atoms with van der Waals surface area (Å²) in [5, 5.41) is 9.69. The van der Waals surface area contributed by atoms with Crippen LogP contribution in [0.2, 0.25) is 0 Å². The number of nitrogens with zero attached hydrogens (tertiary/aromatic N) is 4. The van der Waals surface area contributed by atoms with Gasteiger partial charge in [-0.25, -0.2) is 14.2 Å². The molecule has 10 nitrogen and oxygen atoms in total. The van der Waals surface area contributed by atoms with Crippen molar-refractivity contribution in [3.8, 4) is 16.9 Å². The molecule has 0 aliphatic rings. The minimum absolute atomic E-state index is 0.224. The number of benzene rings is 1. The fourth-order valence-electron chi connectivity index (χ4n) is 4.35. The molecule has 0 spiro atoms. The van der Waals surface area contributed by atoms with E-state index in [1.807, 2.05) is 64.3 Å². The van der Waals surface area contributed by atoms with E-state index in [1.165, 1.54) is 12.1 Å². The third kappa shape index (κ3) is 7.86. The fourth-order valence-corrected chi connectivity index (χ4v) is 4.35. The second-order valence-electron chi connectivity index (χ2n) is 10.4. The maximum atomic E-state index is 14.3. The first kappa shape index (κ1) is 32.1. The molecule has 0 fully saturated rings. The number of carbonyl (C=O) groups is 2. The molecule has 0 bridgehead atoms. The van der Waals surface area contributed by atoms with Gasteiger partial charge in [0.25, 0.3) is 5.91 Å². The van der Waals surface area contributed by atoms with Crippen LogP contribution in [-0.4, -0.2) is 57.0 Å². The van der Waals surface area contributed by atoms with Crippen LogP contribution in [0.5, 0.6) is 5.75 Å². The molecule has 0 saturated heterocycles. The lowest BCUT2D eigenvalue weighted by molar-refractivity contribution is 0.0528. The van der Waals surface area contributed by atoms with Gasteiger partial charge in [0.1, 0.15) is 22.8 Å². The van der Waals surface area contributed by atoms with Gasteiger partial charge in [0.15, 0.2) is 5.69 Å². The molecule has 42 heavy (non-hydrogen) atoms. The van der Waals surface area contributed by atoms with E-state index in [0.717, 1.165) is 28.2 Å². The van der Waals surface area contributed by atoms with Crippen LogP contribution in [0.4, 0.5) is 9.18 Å². The molecule has 3 heterocycles. The number of halogens is 1. The number of pyridine rings is 1.